The van der Waals surface area contributed by atoms with Crippen molar-refractivity contribution < 1.29 is 14.3 Å². The lowest BCUT2D eigenvalue weighted by Gasteiger charge is -2.12. The van der Waals surface area contributed by atoms with E-state index in [0.29, 0.717) is 17.2 Å². The van der Waals surface area contributed by atoms with E-state index in [1.807, 2.05) is 42.0 Å². The summed E-state index contributed by atoms with van der Waals surface area (Å²) in [5.41, 5.74) is 2.76. The summed E-state index contributed by atoms with van der Waals surface area (Å²) in [6.07, 6.45) is 3.63. The summed E-state index contributed by atoms with van der Waals surface area (Å²) in [6, 6.07) is 13.3. The quantitative estimate of drug-likeness (QED) is 0.626. The molecule has 1 aromatic heterocycles. The predicted molar refractivity (Wildman–Crippen MR) is 107 cm³/mol. The average Bonchev–Trinajstić information content (AvgIpc) is 3.15. The molecule has 0 unspecified atom stereocenters. The Morgan fingerprint density at radius 3 is 2.74 bits per heavy atom. The number of carbonyl (C=O) groups is 1. The number of para-hydroxylation sites is 1. The van der Waals surface area contributed by atoms with Crippen molar-refractivity contribution >= 4 is 23.4 Å². The third-order valence-corrected chi connectivity index (χ3v) is 4.96. The molecular weight excluding hydrogens is 362 g/mol. The number of rotatable bonds is 7. The van der Waals surface area contributed by atoms with Crippen LogP contribution in [0.1, 0.15) is 5.56 Å². The fourth-order valence-corrected chi connectivity index (χ4v) is 3.41. The van der Waals surface area contributed by atoms with Gasteiger partial charge in [-0.1, -0.05) is 30.0 Å². The molecule has 0 spiro atoms. The van der Waals surface area contributed by atoms with Crippen molar-refractivity contribution in [3.05, 3.63) is 60.4 Å². The van der Waals surface area contributed by atoms with Gasteiger partial charge >= 0.3 is 0 Å². The van der Waals surface area contributed by atoms with E-state index in [9.17, 15) is 4.79 Å². The molecule has 3 rings (SSSR count). The van der Waals surface area contributed by atoms with Crippen molar-refractivity contribution in [2.24, 2.45) is 0 Å². The van der Waals surface area contributed by atoms with Gasteiger partial charge in [0.05, 0.1) is 31.3 Å². The Kier molecular flexibility index (Phi) is 6.03. The standard InChI is InChI=1S/C20H21N3O3S/c1-14-6-4-5-7-17(14)23-11-10-21-20(23)27-13-19(24)22-16-12-15(25-2)8-9-18(16)26-3/h4-12H,13H2,1-3H3,(H,22,24). The summed E-state index contributed by atoms with van der Waals surface area (Å²) in [6.45, 7) is 2.05. The number of benzene rings is 2. The maximum Gasteiger partial charge on any atom is 0.234 e. The summed E-state index contributed by atoms with van der Waals surface area (Å²) >= 11 is 1.38. The molecule has 1 amide bonds. The van der Waals surface area contributed by atoms with Crippen LogP contribution in [0.5, 0.6) is 11.5 Å². The van der Waals surface area contributed by atoms with E-state index < -0.39 is 0 Å². The molecule has 1 heterocycles. The fraction of sp³-hybridized carbons (Fsp3) is 0.200. The highest BCUT2D eigenvalue weighted by molar-refractivity contribution is 7.99. The number of aromatic nitrogens is 2. The minimum absolute atomic E-state index is 0.147. The van der Waals surface area contributed by atoms with Crippen LogP contribution in [0.2, 0.25) is 0 Å². The van der Waals surface area contributed by atoms with Crippen LogP contribution >= 0.6 is 11.8 Å². The number of ether oxygens (including phenoxy) is 2. The largest absolute Gasteiger partial charge is 0.497 e. The first-order chi connectivity index (χ1) is 13.1. The maximum atomic E-state index is 12.4. The number of hydrogen-bond acceptors (Lipinski definition) is 5. The van der Waals surface area contributed by atoms with Gasteiger partial charge in [0, 0.05) is 18.5 Å². The molecule has 27 heavy (non-hydrogen) atoms. The van der Waals surface area contributed by atoms with E-state index in [-0.39, 0.29) is 11.7 Å². The summed E-state index contributed by atoms with van der Waals surface area (Å²) < 4.78 is 12.5. The molecule has 0 aliphatic rings. The maximum absolute atomic E-state index is 12.4. The van der Waals surface area contributed by atoms with Gasteiger partial charge in [-0.25, -0.2) is 4.98 Å². The van der Waals surface area contributed by atoms with Gasteiger partial charge in [0.1, 0.15) is 11.5 Å². The highest BCUT2D eigenvalue weighted by Crippen LogP contribution is 2.29. The molecule has 0 fully saturated rings. The van der Waals surface area contributed by atoms with Gasteiger partial charge in [-0.15, -0.1) is 0 Å². The molecule has 7 heteroatoms. The van der Waals surface area contributed by atoms with Crippen LogP contribution in [-0.2, 0) is 4.79 Å². The molecule has 3 aromatic rings. The monoisotopic (exact) mass is 383 g/mol. The number of aryl methyl sites for hydroxylation is 1. The van der Waals surface area contributed by atoms with E-state index in [0.717, 1.165) is 16.4 Å². The average molecular weight is 383 g/mol. The number of hydrogen-bond donors (Lipinski definition) is 1. The van der Waals surface area contributed by atoms with Crippen molar-refractivity contribution in [1.82, 2.24) is 9.55 Å². The summed E-state index contributed by atoms with van der Waals surface area (Å²) in [5.74, 6) is 1.30. The number of imidazole rings is 1. The Morgan fingerprint density at radius 2 is 2.00 bits per heavy atom. The zero-order valence-corrected chi connectivity index (χ0v) is 16.2. The molecule has 1 N–H and O–H groups in total. The number of methoxy groups -OCH3 is 2. The van der Waals surface area contributed by atoms with Gasteiger partial charge in [0.25, 0.3) is 0 Å². The molecular formula is C20H21N3O3S. The molecule has 0 bridgehead atoms. The Hall–Kier alpha value is -2.93. The second kappa shape index (κ2) is 8.64. The van der Waals surface area contributed by atoms with Gasteiger partial charge < -0.3 is 14.8 Å². The molecule has 6 nitrogen and oxygen atoms in total. The first-order valence-corrected chi connectivity index (χ1v) is 9.35. The van der Waals surface area contributed by atoms with Gasteiger partial charge in [-0.3, -0.25) is 9.36 Å². The lowest BCUT2D eigenvalue weighted by molar-refractivity contribution is -0.113. The third kappa shape index (κ3) is 4.43. The number of nitrogens with zero attached hydrogens (tertiary/aromatic N) is 2. The highest BCUT2D eigenvalue weighted by Gasteiger charge is 2.13. The minimum Gasteiger partial charge on any atom is -0.497 e. The Bertz CT molecular complexity index is 940. The SMILES string of the molecule is COc1ccc(OC)c(NC(=O)CSc2nccn2-c2ccccc2C)c1. The van der Waals surface area contributed by atoms with Crippen LogP contribution in [-0.4, -0.2) is 35.4 Å². The van der Waals surface area contributed by atoms with Crippen molar-refractivity contribution in [2.75, 3.05) is 25.3 Å². The highest BCUT2D eigenvalue weighted by atomic mass is 32.2. The lowest BCUT2D eigenvalue weighted by Crippen LogP contribution is -2.15. The zero-order valence-electron chi connectivity index (χ0n) is 15.4. The molecule has 0 atom stereocenters. The number of anilines is 1. The van der Waals surface area contributed by atoms with E-state index in [1.54, 1.807) is 38.6 Å². The lowest BCUT2D eigenvalue weighted by atomic mass is 10.2. The van der Waals surface area contributed by atoms with E-state index in [2.05, 4.69) is 10.3 Å². The molecule has 2 aromatic carbocycles. The van der Waals surface area contributed by atoms with Crippen molar-refractivity contribution in [3.63, 3.8) is 0 Å². The smallest absolute Gasteiger partial charge is 0.234 e. The second-order valence-electron chi connectivity index (χ2n) is 5.77. The molecule has 0 radical (unpaired) electrons. The van der Waals surface area contributed by atoms with Crippen LogP contribution in [0.3, 0.4) is 0 Å². The van der Waals surface area contributed by atoms with Crippen molar-refractivity contribution in [2.45, 2.75) is 12.1 Å². The second-order valence-corrected chi connectivity index (χ2v) is 6.71. The molecule has 0 saturated heterocycles. The van der Waals surface area contributed by atoms with Gasteiger partial charge in [0.2, 0.25) is 5.91 Å². The van der Waals surface area contributed by atoms with E-state index in [1.165, 1.54) is 11.8 Å². The number of carbonyl (C=O) groups excluding carboxylic acids is 1. The first kappa shape index (κ1) is 18.8. The topological polar surface area (TPSA) is 65.4 Å². The van der Waals surface area contributed by atoms with Crippen LogP contribution in [0.4, 0.5) is 5.69 Å². The number of nitrogens with one attached hydrogen (secondary N) is 1. The summed E-state index contributed by atoms with van der Waals surface area (Å²) in [7, 11) is 3.14. The molecule has 0 aliphatic carbocycles. The van der Waals surface area contributed by atoms with E-state index >= 15 is 0 Å². The van der Waals surface area contributed by atoms with Gasteiger partial charge in [0.15, 0.2) is 5.16 Å². The van der Waals surface area contributed by atoms with E-state index in [4.69, 9.17) is 9.47 Å². The van der Waals surface area contributed by atoms with Crippen LogP contribution in [0, 0.1) is 6.92 Å². The summed E-state index contributed by atoms with van der Waals surface area (Å²) in [4.78, 5) is 16.8. The van der Waals surface area contributed by atoms with Crippen LogP contribution in [0.25, 0.3) is 5.69 Å². The zero-order chi connectivity index (χ0) is 19.2. The van der Waals surface area contributed by atoms with Crippen LogP contribution < -0.4 is 14.8 Å². The Labute approximate surface area is 162 Å². The fourth-order valence-electron chi connectivity index (χ4n) is 2.64. The minimum atomic E-state index is -0.147. The molecule has 0 saturated carbocycles. The predicted octanol–water partition coefficient (Wildman–Crippen LogP) is 3.93. The van der Waals surface area contributed by atoms with Gasteiger partial charge in [-0.2, -0.15) is 0 Å². The van der Waals surface area contributed by atoms with Crippen molar-refractivity contribution in [1.29, 1.82) is 0 Å². The molecule has 0 aliphatic heterocycles. The van der Waals surface area contributed by atoms with Gasteiger partial charge in [-0.05, 0) is 30.7 Å². The summed E-state index contributed by atoms with van der Waals surface area (Å²) in [5, 5.41) is 3.63. The normalized spacial score (nSPS) is 10.5. The number of amides is 1. The van der Waals surface area contributed by atoms with Crippen molar-refractivity contribution in [3.8, 4) is 17.2 Å². The molecule has 140 valence electrons. The first-order valence-electron chi connectivity index (χ1n) is 8.36. The third-order valence-electron chi connectivity index (χ3n) is 3.99. The number of thioether (sulfide) groups is 1. The Balaban J connectivity index is 1.69. The Morgan fingerprint density at radius 1 is 1.19 bits per heavy atom. The van der Waals surface area contributed by atoms with Crippen LogP contribution in [0.15, 0.2) is 60.0 Å².